The van der Waals surface area contributed by atoms with E-state index >= 15 is 0 Å². The number of amides is 2. The van der Waals surface area contributed by atoms with E-state index in [1.54, 1.807) is 0 Å². The van der Waals surface area contributed by atoms with Gasteiger partial charge in [-0.25, -0.2) is 15.1 Å². The number of hydrogen-bond donors (Lipinski definition) is 2. The molecule has 1 aliphatic rings. The Morgan fingerprint density at radius 2 is 2.25 bits per heavy atom. The number of nitrogens with one attached hydrogen (secondary N) is 1. The molecule has 0 unspecified atom stereocenters. The standard InChI is InChI=1S/C10H14N2O4/c1-2-5-12(6-8-3-4-8)10(15)11-16-7-9(13)14/h1,8H,3-7H2,(H,11,15)(H,13,14). The molecule has 0 aromatic heterocycles. The van der Waals surface area contributed by atoms with Crippen molar-refractivity contribution >= 4 is 12.0 Å². The van der Waals surface area contributed by atoms with Gasteiger partial charge in [0.2, 0.25) is 0 Å². The van der Waals surface area contributed by atoms with E-state index in [1.165, 1.54) is 4.90 Å². The summed E-state index contributed by atoms with van der Waals surface area (Å²) in [5.74, 6) is 1.74. The zero-order valence-corrected chi connectivity index (χ0v) is 8.81. The van der Waals surface area contributed by atoms with Crippen molar-refractivity contribution in [2.75, 3.05) is 19.7 Å². The second-order valence-electron chi connectivity index (χ2n) is 3.62. The molecule has 0 atom stereocenters. The average molecular weight is 226 g/mol. The smallest absolute Gasteiger partial charge is 0.342 e. The average Bonchev–Trinajstić information content (AvgIpc) is 3.00. The van der Waals surface area contributed by atoms with Crippen LogP contribution in [0.3, 0.4) is 0 Å². The largest absolute Gasteiger partial charge is 0.479 e. The molecule has 16 heavy (non-hydrogen) atoms. The minimum absolute atomic E-state index is 0.193. The third kappa shape index (κ3) is 4.66. The van der Waals surface area contributed by atoms with Crippen molar-refractivity contribution in [3.8, 4) is 12.3 Å². The summed E-state index contributed by atoms with van der Waals surface area (Å²) in [6.45, 7) is 0.213. The lowest BCUT2D eigenvalue weighted by Gasteiger charge is -2.19. The van der Waals surface area contributed by atoms with Crippen molar-refractivity contribution in [3.05, 3.63) is 0 Å². The highest BCUT2D eigenvalue weighted by Crippen LogP contribution is 2.29. The molecule has 6 nitrogen and oxygen atoms in total. The maximum absolute atomic E-state index is 11.5. The van der Waals surface area contributed by atoms with Crippen molar-refractivity contribution in [1.82, 2.24) is 10.4 Å². The van der Waals surface area contributed by atoms with E-state index in [1.807, 2.05) is 5.48 Å². The Bertz CT molecular complexity index is 306. The monoisotopic (exact) mass is 226 g/mol. The van der Waals surface area contributed by atoms with Gasteiger partial charge in [0, 0.05) is 6.54 Å². The second kappa shape index (κ2) is 5.98. The minimum Gasteiger partial charge on any atom is -0.479 e. The molecule has 0 aliphatic heterocycles. The SMILES string of the molecule is C#CCN(CC1CC1)C(=O)NOCC(=O)O. The fourth-order valence-corrected chi connectivity index (χ4v) is 1.17. The second-order valence-corrected chi connectivity index (χ2v) is 3.62. The van der Waals surface area contributed by atoms with Gasteiger partial charge < -0.3 is 10.0 Å². The zero-order valence-electron chi connectivity index (χ0n) is 8.81. The van der Waals surface area contributed by atoms with Gasteiger partial charge >= 0.3 is 12.0 Å². The number of carboxylic acids is 1. The summed E-state index contributed by atoms with van der Waals surface area (Å²) < 4.78 is 0. The minimum atomic E-state index is -1.15. The van der Waals surface area contributed by atoms with Crippen LogP contribution in [0.1, 0.15) is 12.8 Å². The van der Waals surface area contributed by atoms with Crippen molar-refractivity contribution in [2.45, 2.75) is 12.8 Å². The highest BCUT2D eigenvalue weighted by Gasteiger charge is 2.26. The number of aliphatic carboxylic acids is 1. The van der Waals surface area contributed by atoms with Gasteiger partial charge in [0.25, 0.3) is 0 Å². The van der Waals surface area contributed by atoms with Gasteiger partial charge in [-0.1, -0.05) is 5.92 Å². The maximum Gasteiger partial charge on any atom is 0.342 e. The molecule has 0 radical (unpaired) electrons. The molecule has 0 heterocycles. The fraction of sp³-hybridized carbons (Fsp3) is 0.600. The first-order chi connectivity index (χ1) is 7.63. The summed E-state index contributed by atoms with van der Waals surface area (Å²) in [6, 6.07) is -0.494. The molecular formula is C10H14N2O4. The van der Waals surface area contributed by atoms with E-state index in [9.17, 15) is 9.59 Å². The summed E-state index contributed by atoms with van der Waals surface area (Å²) in [7, 11) is 0. The van der Waals surface area contributed by atoms with Gasteiger partial charge in [0.15, 0.2) is 6.61 Å². The first-order valence-corrected chi connectivity index (χ1v) is 4.95. The highest BCUT2D eigenvalue weighted by molar-refractivity contribution is 5.74. The zero-order chi connectivity index (χ0) is 12.0. The predicted octanol–water partition coefficient (Wildman–Crippen LogP) is 0.0574. The number of nitrogens with zero attached hydrogens (tertiary/aromatic N) is 1. The van der Waals surface area contributed by atoms with Crippen LogP contribution in [-0.2, 0) is 9.63 Å². The number of rotatable bonds is 6. The predicted molar refractivity (Wildman–Crippen MR) is 55.2 cm³/mol. The van der Waals surface area contributed by atoms with Crippen LogP contribution in [0.4, 0.5) is 4.79 Å². The normalized spacial score (nSPS) is 13.9. The Morgan fingerprint density at radius 1 is 1.56 bits per heavy atom. The van der Waals surface area contributed by atoms with Crippen LogP contribution in [0, 0.1) is 18.3 Å². The quantitative estimate of drug-likeness (QED) is 0.495. The molecule has 0 aromatic rings. The molecule has 0 saturated heterocycles. The molecule has 1 saturated carbocycles. The van der Waals surface area contributed by atoms with E-state index in [4.69, 9.17) is 11.5 Å². The Kier molecular flexibility index (Phi) is 4.61. The van der Waals surface area contributed by atoms with Crippen LogP contribution in [0.25, 0.3) is 0 Å². The number of carbonyl (C=O) groups is 2. The molecule has 2 N–H and O–H groups in total. The van der Waals surface area contributed by atoms with E-state index in [0.29, 0.717) is 12.5 Å². The van der Waals surface area contributed by atoms with Gasteiger partial charge in [-0.3, -0.25) is 4.84 Å². The summed E-state index contributed by atoms with van der Waals surface area (Å²) in [5, 5.41) is 8.30. The molecule has 88 valence electrons. The van der Waals surface area contributed by atoms with Gasteiger partial charge in [-0.05, 0) is 18.8 Å². The molecular weight excluding hydrogens is 212 g/mol. The summed E-state index contributed by atoms with van der Waals surface area (Å²) in [4.78, 5) is 27.5. The third-order valence-corrected chi connectivity index (χ3v) is 2.10. The van der Waals surface area contributed by atoms with Crippen LogP contribution < -0.4 is 5.48 Å². The van der Waals surface area contributed by atoms with Gasteiger partial charge in [-0.2, -0.15) is 0 Å². The number of urea groups is 1. The number of carboxylic acid groups (broad SMARTS) is 1. The van der Waals surface area contributed by atoms with Crippen LogP contribution >= 0.6 is 0 Å². The number of hydroxylamine groups is 1. The first kappa shape index (κ1) is 12.3. The lowest BCUT2D eigenvalue weighted by Crippen LogP contribution is -2.41. The molecule has 2 amide bonds. The summed E-state index contributed by atoms with van der Waals surface area (Å²) in [6.07, 6.45) is 7.34. The van der Waals surface area contributed by atoms with E-state index < -0.39 is 18.6 Å². The van der Waals surface area contributed by atoms with E-state index in [0.717, 1.165) is 12.8 Å². The lowest BCUT2D eigenvalue weighted by molar-refractivity contribution is -0.144. The molecule has 1 rings (SSSR count). The summed E-state index contributed by atoms with van der Waals surface area (Å²) >= 11 is 0. The van der Waals surface area contributed by atoms with Crippen molar-refractivity contribution in [3.63, 3.8) is 0 Å². The Labute approximate surface area is 93.5 Å². The molecule has 0 aromatic carbocycles. The first-order valence-electron chi connectivity index (χ1n) is 4.95. The topological polar surface area (TPSA) is 78.9 Å². The van der Waals surface area contributed by atoms with Gasteiger partial charge in [-0.15, -0.1) is 6.42 Å². The van der Waals surface area contributed by atoms with Crippen molar-refractivity contribution in [2.24, 2.45) is 5.92 Å². The van der Waals surface area contributed by atoms with Crippen molar-refractivity contribution in [1.29, 1.82) is 0 Å². The number of hydrogen-bond acceptors (Lipinski definition) is 3. The molecule has 1 fully saturated rings. The number of terminal acetylenes is 1. The number of carbonyl (C=O) groups excluding carboxylic acids is 1. The highest BCUT2D eigenvalue weighted by atomic mass is 16.7. The molecule has 0 bridgehead atoms. The molecule has 0 spiro atoms. The van der Waals surface area contributed by atoms with Crippen LogP contribution in [0.5, 0.6) is 0 Å². The Hall–Kier alpha value is -1.74. The van der Waals surface area contributed by atoms with E-state index in [2.05, 4.69) is 10.8 Å². The third-order valence-electron chi connectivity index (χ3n) is 2.10. The van der Waals surface area contributed by atoms with Crippen molar-refractivity contribution < 1.29 is 19.5 Å². The van der Waals surface area contributed by atoms with Crippen LogP contribution in [-0.4, -0.2) is 41.7 Å². The molecule has 6 heteroatoms. The van der Waals surface area contributed by atoms with Crippen LogP contribution in [0.15, 0.2) is 0 Å². The Morgan fingerprint density at radius 3 is 2.75 bits per heavy atom. The van der Waals surface area contributed by atoms with Crippen LogP contribution in [0.2, 0.25) is 0 Å². The fourth-order valence-electron chi connectivity index (χ4n) is 1.17. The lowest BCUT2D eigenvalue weighted by atomic mass is 10.4. The van der Waals surface area contributed by atoms with E-state index in [-0.39, 0.29) is 6.54 Å². The van der Waals surface area contributed by atoms with Gasteiger partial charge in [0.05, 0.1) is 6.54 Å². The summed E-state index contributed by atoms with van der Waals surface area (Å²) in [5.41, 5.74) is 2.04. The molecule has 1 aliphatic carbocycles. The maximum atomic E-state index is 11.5. The Balaban J connectivity index is 2.28. The van der Waals surface area contributed by atoms with Gasteiger partial charge in [0.1, 0.15) is 0 Å².